The molecule has 0 atom stereocenters. The van der Waals surface area contributed by atoms with Gasteiger partial charge in [0.2, 0.25) is 0 Å². The minimum atomic E-state index is -0.405. The van der Waals surface area contributed by atoms with Crippen LogP contribution in [0.25, 0.3) is 0 Å². The van der Waals surface area contributed by atoms with Gasteiger partial charge in [-0.25, -0.2) is 4.39 Å². The average molecular weight is 305 g/mol. The molecule has 0 amide bonds. The molecule has 0 fully saturated rings. The summed E-state index contributed by atoms with van der Waals surface area (Å²) in [6.07, 6.45) is 0. The molecule has 0 saturated carbocycles. The molecule has 0 aliphatic rings. The number of thioether (sulfide) groups is 1. The number of hydrogen-bond acceptors (Lipinski definition) is 5. The molecular weight excluding hydrogens is 289 g/mol. The molecule has 21 heavy (non-hydrogen) atoms. The highest BCUT2D eigenvalue weighted by molar-refractivity contribution is 7.98. The first kappa shape index (κ1) is 15.5. The zero-order valence-corrected chi connectivity index (χ0v) is 12.7. The Balaban J connectivity index is 2.19. The van der Waals surface area contributed by atoms with Gasteiger partial charge in [-0.2, -0.15) is 5.26 Å². The van der Waals surface area contributed by atoms with E-state index in [1.54, 1.807) is 6.07 Å². The SMILES string of the molecule is CC(C)n1c(CN)nnc1SCc1cc(F)cc(C#N)c1. The van der Waals surface area contributed by atoms with E-state index in [1.807, 2.05) is 24.5 Å². The molecule has 0 aliphatic carbocycles. The lowest BCUT2D eigenvalue weighted by Crippen LogP contribution is -2.11. The summed E-state index contributed by atoms with van der Waals surface area (Å²) in [5.41, 5.74) is 6.71. The van der Waals surface area contributed by atoms with E-state index >= 15 is 0 Å². The van der Waals surface area contributed by atoms with E-state index in [2.05, 4.69) is 10.2 Å². The van der Waals surface area contributed by atoms with Crippen molar-refractivity contribution < 1.29 is 4.39 Å². The summed E-state index contributed by atoms with van der Waals surface area (Å²) in [6.45, 7) is 4.38. The van der Waals surface area contributed by atoms with Gasteiger partial charge in [-0.15, -0.1) is 10.2 Å². The number of rotatable bonds is 5. The minimum absolute atomic E-state index is 0.197. The first-order valence-corrected chi connectivity index (χ1v) is 7.50. The Morgan fingerprint density at radius 1 is 1.38 bits per heavy atom. The Labute approximate surface area is 127 Å². The lowest BCUT2D eigenvalue weighted by Gasteiger charge is -2.12. The maximum Gasteiger partial charge on any atom is 0.191 e. The highest BCUT2D eigenvalue weighted by atomic mass is 32.2. The normalized spacial score (nSPS) is 10.9. The van der Waals surface area contributed by atoms with Gasteiger partial charge in [0.15, 0.2) is 5.16 Å². The first-order chi connectivity index (χ1) is 10.0. The summed E-state index contributed by atoms with van der Waals surface area (Å²) in [7, 11) is 0. The average Bonchev–Trinajstić information content (AvgIpc) is 2.87. The van der Waals surface area contributed by atoms with Crippen molar-refractivity contribution in [3.8, 4) is 6.07 Å². The number of halogens is 1. The van der Waals surface area contributed by atoms with Crippen LogP contribution in [0.15, 0.2) is 23.4 Å². The predicted molar refractivity (Wildman–Crippen MR) is 79.0 cm³/mol. The van der Waals surface area contributed by atoms with Crippen molar-refractivity contribution in [1.82, 2.24) is 14.8 Å². The number of nitrogens with zero attached hydrogens (tertiary/aromatic N) is 4. The van der Waals surface area contributed by atoms with Crippen LogP contribution in [0.1, 0.15) is 36.8 Å². The van der Waals surface area contributed by atoms with Crippen molar-refractivity contribution in [1.29, 1.82) is 5.26 Å². The van der Waals surface area contributed by atoms with Crippen molar-refractivity contribution in [2.45, 2.75) is 37.3 Å². The van der Waals surface area contributed by atoms with Crippen LogP contribution in [0.3, 0.4) is 0 Å². The number of nitrogens with two attached hydrogens (primary N) is 1. The topological polar surface area (TPSA) is 80.5 Å². The van der Waals surface area contributed by atoms with E-state index < -0.39 is 5.82 Å². The highest BCUT2D eigenvalue weighted by Gasteiger charge is 2.14. The summed E-state index contributed by atoms with van der Waals surface area (Å²) in [6, 6.07) is 6.47. The zero-order chi connectivity index (χ0) is 15.4. The van der Waals surface area contributed by atoms with Gasteiger partial charge in [-0.05, 0) is 37.6 Å². The minimum Gasteiger partial charge on any atom is -0.324 e. The van der Waals surface area contributed by atoms with Gasteiger partial charge in [0, 0.05) is 11.8 Å². The maximum atomic E-state index is 13.4. The van der Waals surface area contributed by atoms with E-state index in [-0.39, 0.29) is 6.04 Å². The molecule has 0 saturated heterocycles. The van der Waals surface area contributed by atoms with Crippen molar-refractivity contribution in [3.63, 3.8) is 0 Å². The molecule has 2 rings (SSSR count). The van der Waals surface area contributed by atoms with Gasteiger partial charge < -0.3 is 10.3 Å². The van der Waals surface area contributed by atoms with Crippen LogP contribution in [0.4, 0.5) is 4.39 Å². The molecule has 0 spiro atoms. The third-order valence-corrected chi connectivity index (χ3v) is 3.90. The quantitative estimate of drug-likeness (QED) is 0.859. The lowest BCUT2D eigenvalue weighted by molar-refractivity contribution is 0.526. The summed E-state index contributed by atoms with van der Waals surface area (Å²) in [5, 5.41) is 17.8. The van der Waals surface area contributed by atoms with E-state index in [0.29, 0.717) is 17.9 Å². The van der Waals surface area contributed by atoms with Crippen LogP contribution in [0, 0.1) is 17.1 Å². The molecule has 1 aromatic heterocycles. The van der Waals surface area contributed by atoms with Gasteiger partial charge in [-0.3, -0.25) is 0 Å². The lowest BCUT2D eigenvalue weighted by atomic mass is 10.1. The van der Waals surface area contributed by atoms with Gasteiger partial charge in [0.1, 0.15) is 11.6 Å². The van der Waals surface area contributed by atoms with Gasteiger partial charge >= 0.3 is 0 Å². The second kappa shape index (κ2) is 6.70. The van der Waals surface area contributed by atoms with Crippen LogP contribution in [-0.2, 0) is 12.3 Å². The predicted octanol–water partition coefficient (Wildman–Crippen LogP) is 2.62. The number of aromatic nitrogens is 3. The molecule has 5 nitrogen and oxygen atoms in total. The maximum absolute atomic E-state index is 13.4. The third kappa shape index (κ3) is 3.60. The van der Waals surface area contributed by atoms with Gasteiger partial charge in [0.05, 0.1) is 18.2 Å². The zero-order valence-electron chi connectivity index (χ0n) is 11.9. The molecule has 7 heteroatoms. The Morgan fingerprint density at radius 2 is 2.14 bits per heavy atom. The first-order valence-electron chi connectivity index (χ1n) is 6.51. The fourth-order valence-electron chi connectivity index (χ4n) is 2.01. The van der Waals surface area contributed by atoms with Crippen LogP contribution in [-0.4, -0.2) is 14.8 Å². The van der Waals surface area contributed by atoms with E-state index in [1.165, 1.54) is 23.9 Å². The van der Waals surface area contributed by atoms with Crippen LogP contribution < -0.4 is 5.73 Å². The molecule has 1 heterocycles. The van der Waals surface area contributed by atoms with Gasteiger partial charge in [-0.1, -0.05) is 11.8 Å². The van der Waals surface area contributed by atoms with Crippen molar-refractivity contribution >= 4 is 11.8 Å². The summed E-state index contributed by atoms with van der Waals surface area (Å²) in [5.74, 6) is 0.837. The molecule has 1 aromatic carbocycles. The Kier molecular flexibility index (Phi) is 4.94. The van der Waals surface area contributed by atoms with E-state index in [9.17, 15) is 4.39 Å². The van der Waals surface area contributed by atoms with Crippen LogP contribution >= 0.6 is 11.8 Å². The fourth-order valence-corrected chi connectivity index (χ4v) is 3.03. The van der Waals surface area contributed by atoms with E-state index in [4.69, 9.17) is 11.0 Å². The summed E-state index contributed by atoms with van der Waals surface area (Å²) >= 11 is 1.45. The molecule has 2 N–H and O–H groups in total. The fraction of sp³-hybridized carbons (Fsp3) is 0.357. The second-order valence-electron chi connectivity index (χ2n) is 4.82. The summed E-state index contributed by atoms with van der Waals surface area (Å²) in [4.78, 5) is 0. The van der Waals surface area contributed by atoms with Crippen LogP contribution in [0.2, 0.25) is 0 Å². The molecule has 0 aliphatic heterocycles. The second-order valence-corrected chi connectivity index (χ2v) is 5.76. The standard InChI is InChI=1S/C14H16FN5S/c1-9(2)20-13(7-17)18-19-14(20)21-8-11-3-10(6-16)4-12(15)5-11/h3-5,9H,7-8,17H2,1-2H3. The number of benzene rings is 1. The Hall–Kier alpha value is -1.91. The van der Waals surface area contributed by atoms with Crippen LogP contribution in [0.5, 0.6) is 0 Å². The molecule has 0 bridgehead atoms. The Bertz CT molecular complexity index is 674. The number of hydrogen-bond donors (Lipinski definition) is 1. The van der Waals surface area contributed by atoms with Crippen molar-refractivity contribution in [2.75, 3.05) is 0 Å². The highest BCUT2D eigenvalue weighted by Crippen LogP contribution is 2.25. The largest absolute Gasteiger partial charge is 0.324 e. The monoisotopic (exact) mass is 305 g/mol. The van der Waals surface area contributed by atoms with Crippen molar-refractivity contribution in [2.24, 2.45) is 5.73 Å². The van der Waals surface area contributed by atoms with E-state index in [0.717, 1.165) is 16.5 Å². The molecule has 110 valence electrons. The third-order valence-electron chi connectivity index (χ3n) is 2.89. The smallest absolute Gasteiger partial charge is 0.191 e. The molecule has 2 aromatic rings. The summed E-state index contributed by atoms with van der Waals surface area (Å²) < 4.78 is 15.4. The molecule has 0 unspecified atom stereocenters. The Morgan fingerprint density at radius 3 is 2.76 bits per heavy atom. The number of nitriles is 1. The molecule has 0 radical (unpaired) electrons. The molecular formula is C14H16FN5S. The van der Waals surface area contributed by atoms with Crippen molar-refractivity contribution in [3.05, 3.63) is 41.0 Å². The van der Waals surface area contributed by atoms with Gasteiger partial charge in [0.25, 0.3) is 0 Å².